The summed E-state index contributed by atoms with van der Waals surface area (Å²) in [5, 5.41) is 0.983. The molecule has 1 heterocycles. The molecule has 0 bridgehead atoms. The number of hydrogen-bond acceptors (Lipinski definition) is 3. The summed E-state index contributed by atoms with van der Waals surface area (Å²) in [6.45, 7) is 6.98. The molecule has 102 valence electrons. The molecule has 0 unspecified atom stereocenters. The number of aryl methyl sites for hydroxylation is 1. The van der Waals surface area contributed by atoms with Gasteiger partial charge in [-0.2, -0.15) is 0 Å². The fourth-order valence-corrected chi connectivity index (χ4v) is 3.40. The molecular weight excluding hydrogens is 256 g/mol. The SMILES string of the molecule is Cc1ccc2c(N)c(C(=O)N(C)CC(C)C)sc2c1. The van der Waals surface area contributed by atoms with Crippen LogP contribution in [-0.4, -0.2) is 24.4 Å². The molecule has 0 saturated heterocycles. The summed E-state index contributed by atoms with van der Waals surface area (Å²) in [6, 6.07) is 6.10. The molecule has 3 nitrogen and oxygen atoms in total. The van der Waals surface area contributed by atoms with E-state index in [0.29, 0.717) is 16.5 Å². The molecule has 0 atom stereocenters. The number of thiophene rings is 1. The Bertz CT molecular complexity index is 616. The lowest BCUT2D eigenvalue weighted by atomic mass is 10.1. The first-order valence-electron chi connectivity index (χ1n) is 6.44. The molecular formula is C15H20N2OS. The van der Waals surface area contributed by atoms with Crippen molar-refractivity contribution in [1.29, 1.82) is 0 Å². The first kappa shape index (κ1) is 13.9. The highest BCUT2D eigenvalue weighted by molar-refractivity contribution is 7.21. The average Bonchev–Trinajstić information content (AvgIpc) is 2.64. The van der Waals surface area contributed by atoms with E-state index in [1.54, 1.807) is 4.90 Å². The van der Waals surface area contributed by atoms with Gasteiger partial charge >= 0.3 is 0 Å². The van der Waals surface area contributed by atoms with Gasteiger partial charge in [0.2, 0.25) is 0 Å². The second-order valence-electron chi connectivity index (χ2n) is 5.42. The largest absolute Gasteiger partial charge is 0.397 e. The van der Waals surface area contributed by atoms with Gasteiger partial charge in [0.05, 0.1) is 5.69 Å². The van der Waals surface area contributed by atoms with Crippen LogP contribution in [0, 0.1) is 12.8 Å². The highest BCUT2D eigenvalue weighted by Crippen LogP contribution is 2.34. The summed E-state index contributed by atoms with van der Waals surface area (Å²) in [5.74, 6) is 0.469. The van der Waals surface area contributed by atoms with Crippen molar-refractivity contribution in [2.24, 2.45) is 5.92 Å². The van der Waals surface area contributed by atoms with Gasteiger partial charge < -0.3 is 10.6 Å². The Balaban J connectivity index is 2.40. The predicted octanol–water partition coefficient (Wildman–Crippen LogP) is 3.52. The molecule has 0 aliphatic carbocycles. The lowest BCUT2D eigenvalue weighted by Gasteiger charge is -2.18. The molecule has 1 amide bonds. The van der Waals surface area contributed by atoms with Crippen LogP contribution in [0.3, 0.4) is 0 Å². The molecule has 2 aromatic rings. The number of rotatable bonds is 3. The van der Waals surface area contributed by atoms with Crippen molar-refractivity contribution in [3.05, 3.63) is 28.6 Å². The van der Waals surface area contributed by atoms with E-state index in [4.69, 9.17) is 5.73 Å². The van der Waals surface area contributed by atoms with Crippen LogP contribution in [-0.2, 0) is 0 Å². The van der Waals surface area contributed by atoms with Crippen LogP contribution in [0.2, 0.25) is 0 Å². The van der Waals surface area contributed by atoms with Gasteiger partial charge in [-0.15, -0.1) is 11.3 Å². The summed E-state index contributed by atoms with van der Waals surface area (Å²) < 4.78 is 1.08. The quantitative estimate of drug-likeness (QED) is 0.932. The van der Waals surface area contributed by atoms with E-state index in [1.165, 1.54) is 16.9 Å². The van der Waals surface area contributed by atoms with Crippen LogP contribution in [0.25, 0.3) is 10.1 Å². The van der Waals surface area contributed by atoms with Crippen LogP contribution in [0.15, 0.2) is 18.2 Å². The summed E-state index contributed by atoms with van der Waals surface area (Å²) in [4.78, 5) is 14.8. The van der Waals surface area contributed by atoms with E-state index < -0.39 is 0 Å². The van der Waals surface area contributed by atoms with Crippen molar-refractivity contribution in [3.63, 3.8) is 0 Å². The molecule has 1 aromatic heterocycles. The van der Waals surface area contributed by atoms with Crippen molar-refractivity contribution in [3.8, 4) is 0 Å². The van der Waals surface area contributed by atoms with Gasteiger partial charge in [-0.3, -0.25) is 4.79 Å². The summed E-state index contributed by atoms with van der Waals surface area (Å²) in [6.07, 6.45) is 0. The standard InChI is InChI=1S/C15H20N2OS/c1-9(2)8-17(4)15(18)14-13(16)11-6-5-10(3)7-12(11)19-14/h5-7,9H,8,16H2,1-4H3. The maximum Gasteiger partial charge on any atom is 0.265 e. The number of nitrogens with two attached hydrogens (primary N) is 1. The Hall–Kier alpha value is -1.55. The summed E-state index contributed by atoms with van der Waals surface area (Å²) in [7, 11) is 1.83. The van der Waals surface area contributed by atoms with Crippen molar-refractivity contribution < 1.29 is 4.79 Å². The van der Waals surface area contributed by atoms with Crippen molar-refractivity contribution in [2.45, 2.75) is 20.8 Å². The van der Waals surface area contributed by atoms with E-state index in [-0.39, 0.29) is 5.91 Å². The molecule has 1 aromatic carbocycles. The first-order chi connectivity index (χ1) is 8.90. The molecule has 19 heavy (non-hydrogen) atoms. The molecule has 2 rings (SSSR count). The zero-order valence-electron chi connectivity index (χ0n) is 11.9. The van der Waals surface area contributed by atoms with Crippen molar-refractivity contribution in [1.82, 2.24) is 4.90 Å². The Morgan fingerprint density at radius 2 is 2.11 bits per heavy atom. The minimum atomic E-state index is 0.0186. The Labute approximate surface area is 118 Å². The maximum absolute atomic E-state index is 12.4. The first-order valence-corrected chi connectivity index (χ1v) is 7.26. The summed E-state index contributed by atoms with van der Waals surface area (Å²) >= 11 is 1.49. The number of nitrogen functional groups attached to an aromatic ring is 1. The van der Waals surface area contributed by atoms with Crippen LogP contribution in [0.4, 0.5) is 5.69 Å². The van der Waals surface area contributed by atoms with Crippen LogP contribution in [0.5, 0.6) is 0 Å². The van der Waals surface area contributed by atoms with Gasteiger partial charge in [0, 0.05) is 23.7 Å². The zero-order valence-corrected chi connectivity index (χ0v) is 12.7. The van der Waals surface area contributed by atoms with Crippen molar-refractivity contribution >= 4 is 33.0 Å². The van der Waals surface area contributed by atoms with Crippen LogP contribution < -0.4 is 5.73 Å². The van der Waals surface area contributed by atoms with Gasteiger partial charge in [-0.05, 0) is 24.5 Å². The molecule has 0 aliphatic heterocycles. The van der Waals surface area contributed by atoms with E-state index in [0.717, 1.165) is 16.6 Å². The third-order valence-electron chi connectivity index (χ3n) is 3.06. The highest BCUT2D eigenvalue weighted by atomic mass is 32.1. The predicted molar refractivity (Wildman–Crippen MR) is 82.8 cm³/mol. The summed E-state index contributed by atoms with van der Waals surface area (Å²) in [5.41, 5.74) is 7.92. The second-order valence-corrected chi connectivity index (χ2v) is 6.48. The third-order valence-corrected chi connectivity index (χ3v) is 4.22. The van der Waals surface area contributed by atoms with Crippen LogP contribution >= 0.6 is 11.3 Å². The number of nitrogens with zero attached hydrogens (tertiary/aromatic N) is 1. The lowest BCUT2D eigenvalue weighted by molar-refractivity contribution is 0.0785. The molecule has 0 aliphatic rings. The maximum atomic E-state index is 12.4. The van der Waals surface area contributed by atoms with Gasteiger partial charge in [0.1, 0.15) is 4.88 Å². The smallest absolute Gasteiger partial charge is 0.265 e. The number of carbonyl (C=O) groups excluding carboxylic acids is 1. The van der Waals surface area contributed by atoms with Gasteiger partial charge in [0.15, 0.2) is 0 Å². The van der Waals surface area contributed by atoms with E-state index >= 15 is 0 Å². The Kier molecular flexibility index (Phi) is 3.80. The Morgan fingerprint density at radius 3 is 2.74 bits per heavy atom. The number of fused-ring (bicyclic) bond motifs is 1. The minimum Gasteiger partial charge on any atom is -0.397 e. The number of hydrogen-bond donors (Lipinski definition) is 1. The van der Waals surface area contributed by atoms with Gasteiger partial charge in [0.25, 0.3) is 5.91 Å². The highest BCUT2D eigenvalue weighted by Gasteiger charge is 2.20. The second kappa shape index (κ2) is 5.21. The molecule has 0 spiro atoms. The van der Waals surface area contributed by atoms with Crippen LogP contribution in [0.1, 0.15) is 29.1 Å². The number of carbonyl (C=O) groups is 1. The fourth-order valence-electron chi connectivity index (χ4n) is 2.19. The number of anilines is 1. The van der Waals surface area contributed by atoms with E-state index in [2.05, 4.69) is 19.9 Å². The van der Waals surface area contributed by atoms with E-state index in [9.17, 15) is 4.79 Å². The van der Waals surface area contributed by atoms with Gasteiger partial charge in [-0.1, -0.05) is 26.0 Å². The molecule has 4 heteroatoms. The molecule has 0 fully saturated rings. The molecule has 0 radical (unpaired) electrons. The van der Waals surface area contributed by atoms with E-state index in [1.807, 2.05) is 26.1 Å². The monoisotopic (exact) mass is 276 g/mol. The van der Waals surface area contributed by atoms with Crippen molar-refractivity contribution in [2.75, 3.05) is 19.3 Å². The zero-order chi connectivity index (χ0) is 14.2. The molecule has 2 N–H and O–H groups in total. The minimum absolute atomic E-state index is 0.0186. The lowest BCUT2D eigenvalue weighted by Crippen LogP contribution is -2.30. The topological polar surface area (TPSA) is 46.3 Å². The Morgan fingerprint density at radius 1 is 1.42 bits per heavy atom. The fraction of sp³-hybridized carbons (Fsp3) is 0.400. The number of benzene rings is 1. The molecule has 0 saturated carbocycles. The third kappa shape index (κ3) is 2.73. The normalized spacial score (nSPS) is 11.2. The number of amides is 1. The average molecular weight is 276 g/mol. The van der Waals surface area contributed by atoms with Gasteiger partial charge in [-0.25, -0.2) is 0 Å².